The van der Waals surface area contributed by atoms with Gasteiger partial charge in [0, 0.05) is 6.42 Å². The molecule has 0 radical (unpaired) electrons. The predicted octanol–water partition coefficient (Wildman–Crippen LogP) is 9.43. The third-order valence-electron chi connectivity index (χ3n) is 8.97. The molecular weight excluding hydrogens is 538 g/mol. The number of nitrogens with one attached hydrogen (secondary N) is 1. The second kappa shape index (κ2) is 22.4. The van der Waals surface area contributed by atoms with Gasteiger partial charge in [-0.25, -0.2) is 15.0 Å². The van der Waals surface area contributed by atoms with Gasteiger partial charge in [-0.15, -0.1) is 0 Å². The van der Waals surface area contributed by atoms with Crippen LogP contribution in [-0.2, 0) is 9.53 Å². The van der Waals surface area contributed by atoms with Crippen LogP contribution in [0, 0.1) is 0 Å². The lowest BCUT2D eigenvalue weighted by atomic mass is 10.0. The summed E-state index contributed by atoms with van der Waals surface area (Å²) in [6.45, 7) is 2.30. The van der Waals surface area contributed by atoms with Crippen molar-refractivity contribution in [3.8, 4) is 0 Å². The van der Waals surface area contributed by atoms with Crippen LogP contribution in [0.2, 0.25) is 0 Å². The van der Waals surface area contributed by atoms with E-state index in [4.69, 9.17) is 4.74 Å². The molecule has 1 aliphatic rings. The number of aliphatic hydroxyl groups is 1. The number of unbranched alkanes of at least 4 members (excludes halogenated alkanes) is 21. The lowest BCUT2D eigenvalue weighted by Crippen LogP contribution is -2.15. The zero-order valence-electron chi connectivity index (χ0n) is 27.2. The number of hydrogen-bond donors (Lipinski definition) is 2. The minimum atomic E-state index is -0.204. The molecule has 244 valence electrons. The highest BCUT2D eigenvalue weighted by molar-refractivity contribution is 5.96. The summed E-state index contributed by atoms with van der Waals surface area (Å²) >= 11 is 0. The monoisotopic (exact) mass is 599 g/mol. The molecule has 2 aromatic heterocycles. The largest absolute Gasteiger partial charge is 0.394 e. The van der Waals surface area contributed by atoms with Crippen LogP contribution >= 0.6 is 0 Å². The van der Waals surface area contributed by atoms with E-state index in [9.17, 15) is 9.90 Å². The second-order valence-corrected chi connectivity index (χ2v) is 12.7. The number of aliphatic hydroxyl groups excluding tert-OH is 1. The predicted molar refractivity (Wildman–Crippen MR) is 176 cm³/mol. The molecule has 43 heavy (non-hydrogen) atoms. The summed E-state index contributed by atoms with van der Waals surface area (Å²) < 4.78 is 7.73. The SMILES string of the molecule is CCCCCCCCCCCCCCCCCCCCCCCCC(=O)Nc1ncnc2c1ncn2[C@H]1CC[C@@H](CO)O1. The zero-order valence-corrected chi connectivity index (χ0v) is 27.2. The van der Waals surface area contributed by atoms with Gasteiger partial charge < -0.3 is 15.2 Å². The standard InChI is InChI=1S/C35H61N5O3/c1-2-3-4-5-6-7-8-9-10-11-12-13-14-15-16-17-18-19-20-21-22-23-24-31(42)39-34-33-35(37-28-36-34)40(29-38-33)32-26-25-30(27-41)43-32/h28-30,32,41H,2-27H2,1H3,(H,36,37,39,42)/t30-,32+/m0/s1. The van der Waals surface area contributed by atoms with Gasteiger partial charge in [-0.05, 0) is 19.3 Å². The summed E-state index contributed by atoms with van der Waals surface area (Å²) in [5.74, 6) is 0.421. The molecule has 1 fully saturated rings. The molecule has 0 aromatic carbocycles. The maximum Gasteiger partial charge on any atom is 0.225 e. The Bertz CT molecular complexity index is 997. The number of ether oxygens (including phenoxy) is 1. The van der Waals surface area contributed by atoms with Gasteiger partial charge in [0.05, 0.1) is 19.0 Å². The summed E-state index contributed by atoms with van der Waals surface area (Å²) in [6, 6.07) is 0. The molecule has 1 aliphatic heterocycles. The van der Waals surface area contributed by atoms with Crippen molar-refractivity contribution in [2.75, 3.05) is 11.9 Å². The van der Waals surface area contributed by atoms with Gasteiger partial charge in [0.15, 0.2) is 17.0 Å². The third-order valence-corrected chi connectivity index (χ3v) is 8.97. The van der Waals surface area contributed by atoms with E-state index >= 15 is 0 Å². The van der Waals surface area contributed by atoms with Gasteiger partial charge >= 0.3 is 0 Å². The van der Waals surface area contributed by atoms with Gasteiger partial charge in [0.25, 0.3) is 0 Å². The van der Waals surface area contributed by atoms with E-state index in [1.54, 1.807) is 6.33 Å². The first-order valence-corrected chi connectivity index (χ1v) is 18.0. The van der Waals surface area contributed by atoms with Crippen molar-refractivity contribution in [2.45, 2.75) is 180 Å². The fraction of sp³-hybridized carbons (Fsp3) is 0.829. The van der Waals surface area contributed by atoms with E-state index in [0.29, 0.717) is 23.4 Å². The third kappa shape index (κ3) is 14.1. The lowest BCUT2D eigenvalue weighted by Gasteiger charge is -2.13. The molecule has 0 aliphatic carbocycles. The van der Waals surface area contributed by atoms with Crippen LogP contribution in [0.4, 0.5) is 5.82 Å². The van der Waals surface area contributed by atoms with Crippen molar-refractivity contribution in [3.63, 3.8) is 0 Å². The molecule has 0 bridgehead atoms. The molecule has 1 amide bonds. The maximum absolute atomic E-state index is 12.6. The summed E-state index contributed by atoms with van der Waals surface area (Å²) in [4.78, 5) is 25.6. The van der Waals surface area contributed by atoms with Crippen molar-refractivity contribution in [3.05, 3.63) is 12.7 Å². The molecule has 2 atom stereocenters. The Morgan fingerprint density at radius 1 is 0.767 bits per heavy atom. The van der Waals surface area contributed by atoms with Gasteiger partial charge in [-0.3, -0.25) is 9.36 Å². The Balaban J connectivity index is 1.10. The number of aromatic nitrogens is 4. The Morgan fingerprint density at radius 2 is 1.28 bits per heavy atom. The number of fused-ring (bicyclic) bond motifs is 1. The highest BCUT2D eigenvalue weighted by Crippen LogP contribution is 2.31. The molecule has 8 nitrogen and oxygen atoms in total. The minimum absolute atomic E-state index is 0.0129. The van der Waals surface area contributed by atoms with E-state index in [-0.39, 0.29) is 24.8 Å². The molecular formula is C35H61N5O3. The molecule has 2 aromatic rings. The van der Waals surface area contributed by atoms with Crippen LogP contribution in [-0.4, -0.2) is 43.2 Å². The number of amides is 1. The van der Waals surface area contributed by atoms with E-state index in [0.717, 1.165) is 25.7 Å². The van der Waals surface area contributed by atoms with Crippen LogP contribution in [0.25, 0.3) is 11.2 Å². The van der Waals surface area contributed by atoms with Crippen molar-refractivity contribution >= 4 is 22.9 Å². The molecule has 1 saturated heterocycles. The number of rotatable bonds is 26. The first-order chi connectivity index (χ1) is 21.2. The molecule has 3 heterocycles. The van der Waals surface area contributed by atoms with Crippen molar-refractivity contribution in [1.29, 1.82) is 0 Å². The zero-order chi connectivity index (χ0) is 30.4. The van der Waals surface area contributed by atoms with Gasteiger partial charge in [0.2, 0.25) is 5.91 Å². The average Bonchev–Trinajstić information content (AvgIpc) is 3.67. The van der Waals surface area contributed by atoms with Crippen LogP contribution in [0.5, 0.6) is 0 Å². The quantitative estimate of drug-likeness (QED) is 0.104. The van der Waals surface area contributed by atoms with Gasteiger partial charge in [0.1, 0.15) is 12.6 Å². The number of nitrogens with zero attached hydrogens (tertiary/aromatic N) is 4. The highest BCUT2D eigenvalue weighted by atomic mass is 16.5. The van der Waals surface area contributed by atoms with Gasteiger partial charge in [-0.1, -0.05) is 142 Å². The summed E-state index contributed by atoms with van der Waals surface area (Å²) in [5.41, 5.74) is 1.21. The number of imidazole rings is 1. The average molecular weight is 600 g/mol. The summed E-state index contributed by atoms with van der Waals surface area (Å²) in [5, 5.41) is 12.3. The van der Waals surface area contributed by atoms with Crippen LogP contribution in [0.3, 0.4) is 0 Å². The lowest BCUT2D eigenvalue weighted by molar-refractivity contribution is -0.116. The van der Waals surface area contributed by atoms with Crippen molar-refractivity contribution < 1.29 is 14.6 Å². The normalized spacial score (nSPS) is 16.8. The van der Waals surface area contributed by atoms with Crippen LogP contribution in [0.1, 0.15) is 174 Å². The maximum atomic E-state index is 12.6. The van der Waals surface area contributed by atoms with Crippen molar-refractivity contribution in [1.82, 2.24) is 19.5 Å². The topological polar surface area (TPSA) is 102 Å². The van der Waals surface area contributed by atoms with E-state index < -0.39 is 0 Å². The fourth-order valence-electron chi connectivity index (χ4n) is 6.27. The molecule has 0 spiro atoms. The molecule has 0 saturated carbocycles. The number of hydrogen-bond acceptors (Lipinski definition) is 6. The highest BCUT2D eigenvalue weighted by Gasteiger charge is 2.28. The van der Waals surface area contributed by atoms with E-state index in [1.165, 1.54) is 135 Å². The van der Waals surface area contributed by atoms with Gasteiger partial charge in [-0.2, -0.15) is 0 Å². The van der Waals surface area contributed by atoms with Crippen LogP contribution < -0.4 is 5.32 Å². The summed E-state index contributed by atoms with van der Waals surface area (Å²) in [7, 11) is 0. The molecule has 2 N–H and O–H groups in total. The Morgan fingerprint density at radius 3 is 1.77 bits per heavy atom. The number of carbonyl (C=O) groups is 1. The Labute approximate surface area is 261 Å². The number of anilines is 1. The Kier molecular flexibility index (Phi) is 18.5. The van der Waals surface area contributed by atoms with Crippen LogP contribution in [0.15, 0.2) is 12.7 Å². The van der Waals surface area contributed by atoms with E-state index in [2.05, 4.69) is 27.2 Å². The summed E-state index contributed by atoms with van der Waals surface area (Å²) in [6.07, 6.45) is 34.8. The Hall–Kier alpha value is -2.06. The smallest absolute Gasteiger partial charge is 0.225 e. The van der Waals surface area contributed by atoms with Crippen molar-refractivity contribution in [2.24, 2.45) is 0 Å². The molecule has 0 unspecified atom stereocenters. The van der Waals surface area contributed by atoms with E-state index in [1.807, 2.05) is 4.57 Å². The first-order valence-electron chi connectivity index (χ1n) is 18.0. The minimum Gasteiger partial charge on any atom is -0.394 e. The number of carbonyl (C=O) groups excluding carboxylic acids is 1. The second-order valence-electron chi connectivity index (χ2n) is 12.7. The first kappa shape index (κ1) is 35.4. The molecule has 3 rings (SSSR count). The fourth-order valence-corrected chi connectivity index (χ4v) is 6.27. The molecule has 8 heteroatoms.